The van der Waals surface area contributed by atoms with E-state index in [2.05, 4.69) is 4.74 Å². The molecule has 13 heteroatoms. The fraction of sp³-hybridized carbons (Fsp3) is 0.889. The van der Waals surface area contributed by atoms with E-state index >= 15 is 0 Å². The minimum Gasteiger partial charge on any atom is -0.429 e. The first-order valence-corrected chi connectivity index (χ1v) is 9.97. The van der Waals surface area contributed by atoms with Crippen LogP contribution in [0.3, 0.4) is 0 Å². The van der Waals surface area contributed by atoms with Gasteiger partial charge >= 0.3 is 21.3 Å². The highest BCUT2D eigenvalue weighted by atomic mass is 35.5. The highest BCUT2D eigenvalue weighted by Crippen LogP contribution is 2.69. The summed E-state index contributed by atoms with van der Waals surface area (Å²) < 4.78 is 35.9. The molecule has 4 N–H and O–H groups in total. The van der Waals surface area contributed by atoms with Crippen LogP contribution in [0.4, 0.5) is 4.79 Å². The predicted molar refractivity (Wildman–Crippen MR) is 81.0 cm³/mol. The molecule has 0 saturated carbocycles. The summed E-state index contributed by atoms with van der Waals surface area (Å²) in [4.78, 5) is 29.5. The molecule has 1 amide bonds. The molecule has 0 fully saturated rings. The molecule has 9 nitrogen and oxygen atoms in total. The van der Waals surface area contributed by atoms with E-state index in [1.165, 1.54) is 27.7 Å². The molecule has 0 aliphatic carbocycles. The van der Waals surface area contributed by atoms with E-state index in [4.69, 9.17) is 38.0 Å². The van der Waals surface area contributed by atoms with E-state index in [0.29, 0.717) is 0 Å². The SMILES string of the molecule is CC(C)OP(=O)(OC(C)C)C(OC(N)=O)C(Cl)(Cl)P(=O)(O)O. The van der Waals surface area contributed by atoms with Gasteiger partial charge in [0.25, 0.3) is 4.07 Å². The summed E-state index contributed by atoms with van der Waals surface area (Å²) in [5.41, 5.74) is 4.83. The van der Waals surface area contributed by atoms with Crippen LogP contribution < -0.4 is 5.73 Å². The summed E-state index contributed by atoms with van der Waals surface area (Å²) in [6.45, 7) is 5.89. The Hall–Kier alpha value is 0.150. The first-order valence-electron chi connectivity index (χ1n) is 5.99. The Balaban J connectivity index is 6.04. The summed E-state index contributed by atoms with van der Waals surface area (Å²) in [5, 5.41) is 0. The largest absolute Gasteiger partial charge is 0.429 e. The van der Waals surface area contributed by atoms with Crippen molar-refractivity contribution in [2.75, 3.05) is 0 Å². The van der Waals surface area contributed by atoms with Crippen molar-refractivity contribution in [1.82, 2.24) is 0 Å². The van der Waals surface area contributed by atoms with Crippen molar-refractivity contribution in [3.05, 3.63) is 0 Å². The van der Waals surface area contributed by atoms with E-state index in [0.717, 1.165) is 0 Å². The van der Waals surface area contributed by atoms with Crippen LogP contribution in [0.2, 0.25) is 0 Å². The van der Waals surface area contributed by atoms with Crippen LogP contribution in [0.25, 0.3) is 0 Å². The summed E-state index contributed by atoms with van der Waals surface area (Å²) in [7, 11) is -9.79. The number of amides is 1. The Morgan fingerprint density at radius 1 is 1.09 bits per heavy atom. The van der Waals surface area contributed by atoms with E-state index in [9.17, 15) is 23.7 Å². The van der Waals surface area contributed by atoms with Crippen LogP contribution in [0, 0.1) is 0 Å². The number of carbonyl (C=O) groups excluding carboxylic acids is 1. The molecule has 1 unspecified atom stereocenters. The molecule has 22 heavy (non-hydrogen) atoms. The third-order valence-electron chi connectivity index (χ3n) is 1.92. The minimum absolute atomic E-state index is 0.718. The van der Waals surface area contributed by atoms with Gasteiger partial charge in [-0.05, 0) is 27.7 Å². The number of alkyl halides is 2. The van der Waals surface area contributed by atoms with Gasteiger partial charge in [-0.15, -0.1) is 0 Å². The maximum absolute atomic E-state index is 12.9. The Labute approximate surface area is 138 Å². The molecule has 0 aliphatic heterocycles. The molecule has 0 aliphatic rings. The lowest BCUT2D eigenvalue weighted by Gasteiger charge is -2.35. The van der Waals surface area contributed by atoms with Crippen LogP contribution in [0.1, 0.15) is 27.7 Å². The second-order valence-corrected chi connectivity index (χ2v) is 10.4. The first kappa shape index (κ1) is 22.1. The van der Waals surface area contributed by atoms with Gasteiger partial charge in [-0.3, -0.25) is 9.13 Å². The van der Waals surface area contributed by atoms with Gasteiger partial charge in [-0.2, -0.15) is 0 Å². The van der Waals surface area contributed by atoms with Gasteiger partial charge in [0.15, 0.2) is 0 Å². The lowest BCUT2D eigenvalue weighted by Crippen LogP contribution is -2.39. The molecule has 0 bridgehead atoms. The summed E-state index contributed by atoms with van der Waals surface area (Å²) >= 11 is 11.2. The molecule has 0 aromatic rings. The predicted octanol–water partition coefficient (Wildman–Crippen LogP) is 2.76. The Morgan fingerprint density at radius 2 is 1.45 bits per heavy atom. The van der Waals surface area contributed by atoms with Crippen molar-refractivity contribution < 1.29 is 37.5 Å². The number of rotatable bonds is 8. The zero-order valence-corrected chi connectivity index (χ0v) is 15.6. The highest BCUT2D eigenvalue weighted by Gasteiger charge is 2.62. The Bertz CT molecular complexity index is 478. The van der Waals surface area contributed by atoms with Crippen molar-refractivity contribution in [2.24, 2.45) is 5.73 Å². The molecule has 0 spiro atoms. The van der Waals surface area contributed by atoms with Gasteiger partial charge in [0.05, 0.1) is 12.2 Å². The molecule has 0 heterocycles. The molecular weight excluding hydrogens is 383 g/mol. The molecule has 0 saturated heterocycles. The van der Waals surface area contributed by atoms with Gasteiger partial charge in [-0.1, -0.05) is 23.2 Å². The lowest BCUT2D eigenvalue weighted by atomic mass is 10.5. The smallest absolute Gasteiger partial charge is 0.405 e. The molecule has 132 valence electrons. The van der Waals surface area contributed by atoms with E-state index in [1.54, 1.807) is 0 Å². The van der Waals surface area contributed by atoms with Crippen LogP contribution in [-0.2, 0) is 22.9 Å². The van der Waals surface area contributed by atoms with E-state index < -0.39 is 43.4 Å². The van der Waals surface area contributed by atoms with Crippen molar-refractivity contribution >= 4 is 44.5 Å². The van der Waals surface area contributed by atoms with Crippen LogP contribution in [-0.4, -0.2) is 38.0 Å². The fourth-order valence-corrected chi connectivity index (χ4v) is 5.38. The average molecular weight is 402 g/mol. The topological polar surface area (TPSA) is 145 Å². The number of hydrogen-bond donors (Lipinski definition) is 3. The van der Waals surface area contributed by atoms with E-state index in [-0.39, 0.29) is 0 Å². The average Bonchev–Trinajstić information content (AvgIpc) is 2.20. The third-order valence-corrected chi connectivity index (χ3v) is 7.65. The number of carbonyl (C=O) groups is 1. The summed E-state index contributed by atoms with van der Waals surface area (Å²) in [6, 6.07) is 0. The van der Waals surface area contributed by atoms with Gasteiger partial charge in [0, 0.05) is 0 Å². The summed E-state index contributed by atoms with van der Waals surface area (Å²) in [6.07, 6.45) is -2.95. The lowest BCUT2D eigenvalue weighted by molar-refractivity contribution is 0.0819. The standard InChI is InChI=1S/C9H19Cl2NO8P2/c1-5(2)19-21(14,20-6(3)4)7(18-8(12)13)9(10,11)22(15,16)17/h5-7H,1-4H3,(H2,12,13)(H2,15,16,17). The molecule has 0 radical (unpaired) electrons. The normalized spacial score (nSPS) is 15.2. The Kier molecular flexibility index (Phi) is 7.87. The van der Waals surface area contributed by atoms with Crippen LogP contribution in [0.15, 0.2) is 0 Å². The van der Waals surface area contributed by atoms with Crippen molar-refractivity contribution in [2.45, 2.75) is 49.8 Å². The fourth-order valence-electron chi connectivity index (χ4n) is 1.30. The summed E-state index contributed by atoms with van der Waals surface area (Å²) in [5.74, 6) is -2.33. The number of primary amides is 1. The Morgan fingerprint density at radius 3 is 1.68 bits per heavy atom. The van der Waals surface area contributed by atoms with Crippen LogP contribution in [0.5, 0.6) is 0 Å². The van der Waals surface area contributed by atoms with Gasteiger partial charge in [-0.25, -0.2) is 4.79 Å². The van der Waals surface area contributed by atoms with Gasteiger partial charge < -0.3 is 29.3 Å². The quantitative estimate of drug-likeness (QED) is 0.415. The van der Waals surface area contributed by atoms with Crippen molar-refractivity contribution in [3.8, 4) is 0 Å². The highest BCUT2D eigenvalue weighted by molar-refractivity contribution is 7.62. The van der Waals surface area contributed by atoms with Gasteiger partial charge in [0.2, 0.25) is 5.85 Å². The van der Waals surface area contributed by atoms with Crippen molar-refractivity contribution in [1.29, 1.82) is 0 Å². The zero-order valence-electron chi connectivity index (χ0n) is 12.3. The monoisotopic (exact) mass is 401 g/mol. The zero-order chi connectivity index (χ0) is 17.9. The minimum atomic E-state index is -5.30. The number of hydrogen-bond acceptors (Lipinski definition) is 6. The maximum atomic E-state index is 12.9. The second kappa shape index (κ2) is 7.81. The van der Waals surface area contributed by atoms with Gasteiger partial charge in [0.1, 0.15) is 0 Å². The first-order chi connectivity index (χ1) is 9.63. The third kappa shape index (κ3) is 5.98. The molecular formula is C9H19Cl2NO8P2. The number of nitrogens with two attached hydrogens (primary N) is 1. The van der Waals surface area contributed by atoms with Crippen LogP contribution >= 0.6 is 38.4 Å². The molecule has 0 aromatic heterocycles. The number of ether oxygens (including phenoxy) is 1. The molecule has 1 atom stereocenters. The molecule has 0 aromatic carbocycles. The van der Waals surface area contributed by atoms with Crippen molar-refractivity contribution in [3.63, 3.8) is 0 Å². The second-order valence-electron chi connectivity index (χ2n) is 4.77. The molecule has 0 rings (SSSR count). The van der Waals surface area contributed by atoms with E-state index in [1.807, 2.05) is 0 Å². The maximum Gasteiger partial charge on any atom is 0.405 e. The number of halogens is 2.